The van der Waals surface area contributed by atoms with Crippen molar-refractivity contribution in [1.29, 1.82) is 0 Å². The predicted molar refractivity (Wildman–Crippen MR) is 73.7 cm³/mol. The Morgan fingerprint density at radius 1 is 1.35 bits per heavy atom. The average Bonchev–Trinajstić information content (AvgIpc) is 2.39. The van der Waals surface area contributed by atoms with E-state index in [-0.39, 0.29) is 18.5 Å². The summed E-state index contributed by atoms with van der Waals surface area (Å²) < 4.78 is 24.5. The molecular formula is C15H20FNO3. The molecule has 0 saturated heterocycles. The molecule has 1 saturated carbocycles. The Morgan fingerprint density at radius 3 is 2.70 bits per heavy atom. The molecule has 20 heavy (non-hydrogen) atoms. The zero-order valence-corrected chi connectivity index (χ0v) is 11.8. The molecule has 0 amide bonds. The number of carbonyl (C=O) groups excluding carboxylic acids is 1. The summed E-state index contributed by atoms with van der Waals surface area (Å²) >= 11 is 0. The third-order valence-corrected chi connectivity index (χ3v) is 3.44. The van der Waals surface area contributed by atoms with Crippen molar-refractivity contribution in [3.8, 4) is 11.5 Å². The van der Waals surface area contributed by atoms with Crippen molar-refractivity contribution < 1.29 is 18.7 Å². The quantitative estimate of drug-likeness (QED) is 0.833. The van der Waals surface area contributed by atoms with E-state index in [1.807, 2.05) is 7.05 Å². The van der Waals surface area contributed by atoms with Crippen LogP contribution in [0.15, 0.2) is 18.2 Å². The number of hydrogen-bond donors (Lipinski definition) is 1. The van der Waals surface area contributed by atoms with E-state index in [1.165, 1.54) is 12.1 Å². The molecule has 4 nitrogen and oxygen atoms in total. The molecule has 5 heteroatoms. The molecule has 0 radical (unpaired) electrons. The van der Waals surface area contributed by atoms with Crippen LogP contribution < -0.4 is 14.8 Å². The molecule has 0 unspecified atom stereocenters. The Hall–Kier alpha value is -1.62. The Balaban J connectivity index is 1.92. The molecule has 1 fully saturated rings. The summed E-state index contributed by atoms with van der Waals surface area (Å²) in [5, 5.41) is 3.16. The lowest BCUT2D eigenvalue weighted by Crippen LogP contribution is -2.45. The molecular weight excluding hydrogens is 261 g/mol. The van der Waals surface area contributed by atoms with E-state index in [2.05, 4.69) is 5.32 Å². The molecule has 2 rings (SSSR count). The lowest BCUT2D eigenvalue weighted by atomic mass is 9.89. The molecule has 110 valence electrons. The van der Waals surface area contributed by atoms with Crippen LogP contribution >= 0.6 is 0 Å². The highest BCUT2D eigenvalue weighted by molar-refractivity contribution is 5.79. The van der Waals surface area contributed by atoms with Gasteiger partial charge in [-0.1, -0.05) is 6.92 Å². The first-order chi connectivity index (χ1) is 9.60. The highest BCUT2D eigenvalue weighted by atomic mass is 19.1. The van der Waals surface area contributed by atoms with Crippen molar-refractivity contribution in [2.45, 2.75) is 38.3 Å². The number of benzene rings is 1. The van der Waals surface area contributed by atoms with Gasteiger partial charge in [0, 0.05) is 30.7 Å². The van der Waals surface area contributed by atoms with Crippen LogP contribution in [-0.2, 0) is 4.79 Å². The topological polar surface area (TPSA) is 47.6 Å². The van der Waals surface area contributed by atoms with Gasteiger partial charge in [-0.2, -0.15) is 0 Å². The standard InChI is InChI=1S/C15H20FNO3/c1-3-12(18)9-19-13-4-10(16)5-14(8-13)20-15-6-11(7-15)17-2/h4-5,8,11,15,17H,3,6-7,9H2,1-2H3. The number of rotatable bonds is 7. The van der Waals surface area contributed by atoms with Gasteiger partial charge in [0.15, 0.2) is 5.78 Å². The van der Waals surface area contributed by atoms with E-state index in [9.17, 15) is 9.18 Å². The minimum absolute atomic E-state index is 0.0208. The van der Waals surface area contributed by atoms with Crippen LogP contribution in [0.5, 0.6) is 11.5 Å². The van der Waals surface area contributed by atoms with Crippen LogP contribution in [0.4, 0.5) is 4.39 Å². The van der Waals surface area contributed by atoms with Gasteiger partial charge in [0.05, 0.1) is 0 Å². The summed E-state index contributed by atoms with van der Waals surface area (Å²) in [5.41, 5.74) is 0. The van der Waals surface area contributed by atoms with Crippen molar-refractivity contribution >= 4 is 5.78 Å². The number of ketones is 1. The third-order valence-electron chi connectivity index (χ3n) is 3.44. The van der Waals surface area contributed by atoms with Crippen LogP contribution in [-0.4, -0.2) is 31.6 Å². The Kier molecular flexibility index (Phi) is 4.95. The van der Waals surface area contributed by atoms with Crippen LogP contribution in [0.25, 0.3) is 0 Å². The molecule has 1 N–H and O–H groups in total. The predicted octanol–water partition coefficient (Wildman–Crippen LogP) is 2.31. The number of carbonyl (C=O) groups is 1. The van der Waals surface area contributed by atoms with Gasteiger partial charge in [-0.15, -0.1) is 0 Å². The van der Waals surface area contributed by atoms with E-state index in [0.717, 1.165) is 12.8 Å². The zero-order chi connectivity index (χ0) is 14.5. The molecule has 1 aromatic carbocycles. The van der Waals surface area contributed by atoms with E-state index < -0.39 is 5.82 Å². The first kappa shape index (κ1) is 14.8. The fraction of sp³-hybridized carbons (Fsp3) is 0.533. The summed E-state index contributed by atoms with van der Waals surface area (Å²) in [6.45, 7) is 1.73. The summed E-state index contributed by atoms with van der Waals surface area (Å²) in [7, 11) is 1.92. The lowest BCUT2D eigenvalue weighted by molar-refractivity contribution is -0.120. The summed E-state index contributed by atoms with van der Waals surface area (Å²) in [4.78, 5) is 11.2. The smallest absolute Gasteiger partial charge is 0.169 e. The van der Waals surface area contributed by atoms with Crippen LogP contribution in [0.3, 0.4) is 0 Å². The van der Waals surface area contributed by atoms with Crippen LogP contribution in [0.2, 0.25) is 0 Å². The van der Waals surface area contributed by atoms with Gasteiger partial charge < -0.3 is 14.8 Å². The van der Waals surface area contributed by atoms with E-state index in [1.54, 1.807) is 13.0 Å². The number of nitrogens with one attached hydrogen (secondary N) is 1. The third kappa shape index (κ3) is 3.93. The Labute approximate surface area is 118 Å². The highest BCUT2D eigenvalue weighted by Crippen LogP contribution is 2.28. The van der Waals surface area contributed by atoms with Gasteiger partial charge in [-0.3, -0.25) is 4.79 Å². The lowest BCUT2D eigenvalue weighted by Gasteiger charge is -2.35. The first-order valence-corrected chi connectivity index (χ1v) is 6.89. The maximum atomic E-state index is 13.5. The second-order valence-corrected chi connectivity index (χ2v) is 5.00. The van der Waals surface area contributed by atoms with Crippen molar-refractivity contribution in [2.24, 2.45) is 0 Å². The minimum Gasteiger partial charge on any atom is -0.490 e. The fourth-order valence-corrected chi connectivity index (χ4v) is 2.04. The number of halogens is 1. The minimum atomic E-state index is -0.425. The molecule has 0 atom stereocenters. The largest absolute Gasteiger partial charge is 0.490 e. The summed E-state index contributed by atoms with van der Waals surface area (Å²) in [5.74, 6) is 0.327. The SMILES string of the molecule is CCC(=O)COc1cc(F)cc(OC2CC(NC)C2)c1. The Bertz CT molecular complexity index is 472. The normalized spacial score (nSPS) is 21.1. The van der Waals surface area contributed by atoms with E-state index in [4.69, 9.17) is 9.47 Å². The monoisotopic (exact) mass is 281 g/mol. The Morgan fingerprint density at radius 2 is 2.05 bits per heavy atom. The van der Waals surface area contributed by atoms with Gasteiger partial charge in [0.1, 0.15) is 30.0 Å². The molecule has 1 aromatic rings. The van der Waals surface area contributed by atoms with Crippen LogP contribution in [0.1, 0.15) is 26.2 Å². The van der Waals surface area contributed by atoms with Crippen molar-refractivity contribution in [3.05, 3.63) is 24.0 Å². The molecule has 1 aliphatic carbocycles. The molecule has 0 aliphatic heterocycles. The molecule has 0 bridgehead atoms. The average molecular weight is 281 g/mol. The maximum absolute atomic E-state index is 13.5. The van der Waals surface area contributed by atoms with Gasteiger partial charge in [-0.25, -0.2) is 4.39 Å². The number of ether oxygens (including phenoxy) is 2. The summed E-state index contributed by atoms with van der Waals surface area (Å²) in [6.07, 6.45) is 2.35. The summed E-state index contributed by atoms with van der Waals surface area (Å²) in [6, 6.07) is 4.69. The van der Waals surface area contributed by atoms with Gasteiger partial charge in [0.2, 0.25) is 0 Å². The number of Topliss-reactive ketones (excluding diaryl/α,β-unsaturated/α-hetero) is 1. The van der Waals surface area contributed by atoms with Crippen LogP contribution in [0, 0.1) is 5.82 Å². The first-order valence-electron chi connectivity index (χ1n) is 6.89. The second kappa shape index (κ2) is 6.70. The van der Waals surface area contributed by atoms with Gasteiger partial charge in [0.25, 0.3) is 0 Å². The number of hydrogen-bond acceptors (Lipinski definition) is 4. The van der Waals surface area contributed by atoms with Crippen molar-refractivity contribution in [2.75, 3.05) is 13.7 Å². The maximum Gasteiger partial charge on any atom is 0.169 e. The fourth-order valence-electron chi connectivity index (χ4n) is 2.04. The molecule has 0 heterocycles. The van der Waals surface area contributed by atoms with Gasteiger partial charge in [-0.05, 0) is 19.9 Å². The van der Waals surface area contributed by atoms with Crippen molar-refractivity contribution in [1.82, 2.24) is 5.32 Å². The second-order valence-electron chi connectivity index (χ2n) is 5.00. The van der Waals surface area contributed by atoms with E-state index >= 15 is 0 Å². The zero-order valence-electron chi connectivity index (χ0n) is 11.8. The molecule has 1 aliphatic rings. The molecule has 0 aromatic heterocycles. The molecule has 0 spiro atoms. The highest BCUT2D eigenvalue weighted by Gasteiger charge is 2.29. The van der Waals surface area contributed by atoms with E-state index in [0.29, 0.717) is 24.0 Å². The van der Waals surface area contributed by atoms with Gasteiger partial charge >= 0.3 is 0 Å². The van der Waals surface area contributed by atoms with Crippen molar-refractivity contribution in [3.63, 3.8) is 0 Å².